The molecule has 0 saturated carbocycles. The van der Waals surface area contributed by atoms with Crippen molar-refractivity contribution in [2.24, 2.45) is 0 Å². The van der Waals surface area contributed by atoms with E-state index in [0.717, 1.165) is 38.7 Å². The predicted molar refractivity (Wildman–Crippen MR) is 212 cm³/mol. The van der Waals surface area contributed by atoms with E-state index < -0.39 is 36.6 Å². The summed E-state index contributed by atoms with van der Waals surface area (Å²) in [5, 5.41) is 0.875. The summed E-state index contributed by atoms with van der Waals surface area (Å²) in [7, 11) is 1.55. The van der Waals surface area contributed by atoms with Gasteiger partial charge in [0.05, 0.1) is 44.5 Å². The Bertz CT molecular complexity index is 2200. The van der Waals surface area contributed by atoms with Crippen molar-refractivity contribution in [3.8, 4) is 0 Å². The Balaban J connectivity index is 1.22. The summed E-state index contributed by atoms with van der Waals surface area (Å²) < 4.78 is 36.5. The SMILES string of the molecule is CN1C(=O)CC(c2cn([C@@H]3O[C@H](COCc4ccccc4)[C@@H](OCc4ccccc4)[C@H](OCc4ccccc4)[C@H]3OCc3ccccc3)c3ccccc23)C1=O. The lowest BCUT2D eigenvalue weighted by atomic mass is 9.96. The average molecular weight is 751 g/mol. The monoisotopic (exact) mass is 750 g/mol. The van der Waals surface area contributed by atoms with Crippen LogP contribution in [0.2, 0.25) is 0 Å². The number of hydrogen-bond acceptors (Lipinski definition) is 7. The van der Waals surface area contributed by atoms with Gasteiger partial charge in [-0.2, -0.15) is 0 Å². The van der Waals surface area contributed by atoms with Crippen molar-refractivity contribution in [2.45, 2.75) is 69.4 Å². The van der Waals surface area contributed by atoms with E-state index in [4.69, 9.17) is 23.7 Å². The molecule has 9 heteroatoms. The molecule has 2 amide bonds. The van der Waals surface area contributed by atoms with Gasteiger partial charge in [0.25, 0.3) is 0 Å². The highest BCUT2D eigenvalue weighted by Gasteiger charge is 2.50. The minimum atomic E-state index is -0.732. The van der Waals surface area contributed by atoms with Crippen molar-refractivity contribution in [1.82, 2.24) is 9.47 Å². The lowest BCUT2D eigenvalue weighted by Gasteiger charge is -2.46. The van der Waals surface area contributed by atoms with Crippen LogP contribution in [0.15, 0.2) is 152 Å². The largest absolute Gasteiger partial charge is 0.374 e. The molecular formula is C47H46N2O7. The minimum absolute atomic E-state index is 0.108. The Kier molecular flexibility index (Phi) is 11.8. The Morgan fingerprint density at radius 2 is 1.07 bits per heavy atom. The maximum atomic E-state index is 13.4. The molecule has 0 bridgehead atoms. The summed E-state index contributed by atoms with van der Waals surface area (Å²) in [6.45, 7) is 1.54. The maximum absolute atomic E-state index is 13.4. The zero-order chi connectivity index (χ0) is 38.3. The predicted octanol–water partition coefficient (Wildman–Crippen LogP) is 7.98. The Morgan fingerprint density at radius 3 is 1.61 bits per heavy atom. The van der Waals surface area contributed by atoms with Crippen LogP contribution in [-0.4, -0.2) is 59.4 Å². The Morgan fingerprint density at radius 1 is 0.589 bits per heavy atom. The maximum Gasteiger partial charge on any atom is 0.237 e. The van der Waals surface area contributed by atoms with Gasteiger partial charge in [-0.3, -0.25) is 14.5 Å². The van der Waals surface area contributed by atoms with Gasteiger partial charge in [-0.1, -0.05) is 140 Å². The summed E-state index contributed by atoms with van der Waals surface area (Å²) in [5.74, 6) is -1.02. The molecule has 2 aliphatic rings. The van der Waals surface area contributed by atoms with Crippen molar-refractivity contribution in [2.75, 3.05) is 13.7 Å². The van der Waals surface area contributed by atoms with Crippen LogP contribution in [0.3, 0.4) is 0 Å². The van der Waals surface area contributed by atoms with E-state index in [0.29, 0.717) is 26.4 Å². The van der Waals surface area contributed by atoms with Crippen LogP contribution < -0.4 is 0 Å². The first kappa shape index (κ1) is 37.5. The summed E-state index contributed by atoms with van der Waals surface area (Å²) in [6.07, 6.45) is -1.16. The average Bonchev–Trinajstić information content (AvgIpc) is 3.75. The first-order valence-electron chi connectivity index (χ1n) is 19.2. The third kappa shape index (κ3) is 8.38. The Hall–Kier alpha value is -5.42. The van der Waals surface area contributed by atoms with Crippen LogP contribution in [0.5, 0.6) is 0 Å². The van der Waals surface area contributed by atoms with E-state index in [1.165, 1.54) is 4.90 Å². The molecule has 286 valence electrons. The van der Waals surface area contributed by atoms with Gasteiger partial charge in [-0.05, 0) is 33.9 Å². The summed E-state index contributed by atoms with van der Waals surface area (Å²) >= 11 is 0. The number of para-hydroxylation sites is 1. The number of benzene rings is 5. The number of likely N-dealkylation sites (N-methyl/N-ethyl adjacent to an activating group) is 1. The highest BCUT2D eigenvalue weighted by atomic mass is 16.6. The second-order valence-corrected chi connectivity index (χ2v) is 14.4. The highest BCUT2D eigenvalue weighted by molar-refractivity contribution is 6.07. The van der Waals surface area contributed by atoms with E-state index in [9.17, 15) is 9.59 Å². The number of amides is 2. The smallest absolute Gasteiger partial charge is 0.237 e. The van der Waals surface area contributed by atoms with Crippen molar-refractivity contribution < 1.29 is 33.3 Å². The van der Waals surface area contributed by atoms with E-state index in [1.807, 2.05) is 156 Å². The van der Waals surface area contributed by atoms with Gasteiger partial charge in [-0.15, -0.1) is 0 Å². The molecule has 9 nitrogen and oxygen atoms in total. The van der Waals surface area contributed by atoms with E-state index in [1.54, 1.807) is 7.05 Å². The molecule has 1 aromatic heterocycles. The zero-order valence-electron chi connectivity index (χ0n) is 31.4. The molecular weight excluding hydrogens is 705 g/mol. The number of rotatable bonds is 15. The molecule has 2 aliphatic heterocycles. The number of nitrogens with zero attached hydrogens (tertiary/aromatic N) is 2. The van der Waals surface area contributed by atoms with Crippen LogP contribution >= 0.6 is 0 Å². The van der Waals surface area contributed by atoms with Crippen molar-refractivity contribution in [3.05, 3.63) is 180 Å². The molecule has 2 saturated heterocycles. The number of fused-ring (bicyclic) bond motifs is 1. The second kappa shape index (κ2) is 17.6. The number of likely N-dealkylation sites (tertiary alicyclic amines) is 1. The van der Waals surface area contributed by atoms with Gasteiger partial charge in [0.2, 0.25) is 11.8 Å². The highest BCUT2D eigenvalue weighted by Crippen LogP contribution is 2.41. The number of ether oxygens (including phenoxy) is 5. The van der Waals surface area contributed by atoms with Crippen LogP contribution in [0.25, 0.3) is 10.9 Å². The van der Waals surface area contributed by atoms with Crippen LogP contribution in [0.4, 0.5) is 0 Å². The van der Waals surface area contributed by atoms with Gasteiger partial charge in [0.1, 0.15) is 24.4 Å². The van der Waals surface area contributed by atoms with E-state index >= 15 is 0 Å². The summed E-state index contributed by atoms with van der Waals surface area (Å²) in [6, 6.07) is 48.1. The molecule has 3 heterocycles. The number of carbonyl (C=O) groups is 2. The van der Waals surface area contributed by atoms with Gasteiger partial charge in [0.15, 0.2) is 6.23 Å². The molecule has 0 N–H and O–H groups in total. The molecule has 0 radical (unpaired) electrons. The van der Waals surface area contributed by atoms with E-state index in [2.05, 4.69) is 0 Å². The Labute approximate surface area is 327 Å². The molecule has 2 fully saturated rings. The third-order valence-electron chi connectivity index (χ3n) is 10.7. The number of imide groups is 1. The summed E-state index contributed by atoms with van der Waals surface area (Å²) in [5.41, 5.74) is 5.70. The lowest BCUT2D eigenvalue weighted by Crippen LogP contribution is -2.59. The molecule has 1 unspecified atom stereocenters. The fourth-order valence-corrected chi connectivity index (χ4v) is 7.71. The lowest BCUT2D eigenvalue weighted by molar-refractivity contribution is -0.289. The standard InChI is InChI=1S/C47H46N2O7/c1-48-42(50)26-38(46(48)51)39-27-49(40-25-15-14-24-37(39)40)47-45(55-31-36-22-12-5-13-23-36)44(54-30-35-20-10-4-11-21-35)43(53-29-34-18-8-3-9-19-34)41(56-47)32-52-28-33-16-6-2-7-17-33/h2-25,27,38,41,43-45,47H,26,28-32H2,1H3/t38?,41-,43-,44+,45-,47-/m1/s1. The quantitative estimate of drug-likeness (QED) is 0.0984. The van der Waals surface area contributed by atoms with E-state index in [-0.39, 0.29) is 24.8 Å². The molecule has 5 aromatic carbocycles. The first-order chi connectivity index (χ1) is 27.5. The normalized spacial score (nSPS) is 22.6. The van der Waals surface area contributed by atoms with Gasteiger partial charge < -0.3 is 28.3 Å². The molecule has 6 atom stereocenters. The fraction of sp³-hybridized carbons (Fsp3) is 0.277. The molecule has 56 heavy (non-hydrogen) atoms. The number of aromatic nitrogens is 1. The molecule has 0 spiro atoms. The van der Waals surface area contributed by atoms with Gasteiger partial charge >= 0.3 is 0 Å². The van der Waals surface area contributed by atoms with Crippen LogP contribution in [0.1, 0.15) is 46.4 Å². The number of carbonyl (C=O) groups excluding carboxylic acids is 2. The molecule has 0 aliphatic carbocycles. The topological polar surface area (TPSA) is 88.5 Å². The van der Waals surface area contributed by atoms with Crippen LogP contribution in [-0.2, 0) is 59.7 Å². The first-order valence-corrected chi connectivity index (χ1v) is 19.2. The van der Waals surface area contributed by atoms with Crippen molar-refractivity contribution in [1.29, 1.82) is 0 Å². The van der Waals surface area contributed by atoms with Crippen molar-refractivity contribution in [3.63, 3.8) is 0 Å². The third-order valence-corrected chi connectivity index (χ3v) is 10.7. The van der Waals surface area contributed by atoms with Gasteiger partial charge in [-0.25, -0.2) is 0 Å². The van der Waals surface area contributed by atoms with Crippen molar-refractivity contribution >= 4 is 22.7 Å². The second-order valence-electron chi connectivity index (χ2n) is 14.4. The minimum Gasteiger partial charge on any atom is -0.374 e. The molecule has 8 rings (SSSR count). The van der Waals surface area contributed by atoms with Crippen LogP contribution in [0, 0.1) is 0 Å². The zero-order valence-corrected chi connectivity index (χ0v) is 31.4. The molecule has 6 aromatic rings. The fourth-order valence-electron chi connectivity index (χ4n) is 7.71. The number of hydrogen-bond donors (Lipinski definition) is 0. The summed E-state index contributed by atoms with van der Waals surface area (Å²) in [4.78, 5) is 27.4. The van der Waals surface area contributed by atoms with Gasteiger partial charge in [0, 0.05) is 25.1 Å².